The molecule has 4 nitrogen and oxygen atoms in total. The summed E-state index contributed by atoms with van der Waals surface area (Å²) in [6.45, 7) is 0. The predicted octanol–water partition coefficient (Wildman–Crippen LogP) is 2.68. The molecule has 0 aliphatic heterocycles. The summed E-state index contributed by atoms with van der Waals surface area (Å²) < 4.78 is 1.40. The highest BCUT2D eigenvalue weighted by Crippen LogP contribution is 2.10. The van der Waals surface area contributed by atoms with Crippen molar-refractivity contribution in [2.24, 2.45) is 0 Å². The third-order valence-electron chi connectivity index (χ3n) is 2.23. The van der Waals surface area contributed by atoms with E-state index in [1.807, 2.05) is 30.3 Å². The van der Waals surface area contributed by atoms with Gasteiger partial charge in [-0.2, -0.15) is 5.10 Å². The summed E-state index contributed by atoms with van der Waals surface area (Å²) in [6.07, 6.45) is 8.87. The fourth-order valence-electron chi connectivity index (χ4n) is 1.34. The lowest BCUT2D eigenvalue weighted by atomic mass is 10.2. The number of carbonyl (C=O) groups is 1. The van der Waals surface area contributed by atoms with E-state index in [0.717, 1.165) is 11.8 Å². The minimum absolute atomic E-state index is 0.415. The molecule has 2 aromatic rings. The molecule has 1 aromatic carbocycles. The van der Waals surface area contributed by atoms with Crippen molar-refractivity contribution in [1.29, 1.82) is 0 Å². The molecule has 90 valence electrons. The third kappa shape index (κ3) is 3.15. The number of halogens is 1. The number of rotatable bonds is 4. The van der Waals surface area contributed by atoms with Crippen LogP contribution in [0.5, 0.6) is 0 Å². The van der Waals surface area contributed by atoms with E-state index in [2.05, 4.69) is 10.1 Å². The second-order valence-electron chi connectivity index (χ2n) is 3.46. The Hall–Kier alpha value is -2.20. The van der Waals surface area contributed by atoms with Crippen LogP contribution in [0, 0.1) is 0 Å². The maximum atomic E-state index is 10.9. The van der Waals surface area contributed by atoms with Gasteiger partial charge in [0.2, 0.25) is 0 Å². The highest BCUT2D eigenvalue weighted by Gasteiger charge is 1.96. The Morgan fingerprint density at radius 3 is 2.67 bits per heavy atom. The van der Waals surface area contributed by atoms with Crippen molar-refractivity contribution < 1.29 is 4.79 Å². The van der Waals surface area contributed by atoms with Gasteiger partial charge in [0, 0.05) is 5.02 Å². The second-order valence-corrected chi connectivity index (χ2v) is 3.90. The van der Waals surface area contributed by atoms with E-state index in [-0.39, 0.29) is 0 Å². The average molecular weight is 260 g/mol. The molecule has 18 heavy (non-hydrogen) atoms. The first-order chi connectivity index (χ1) is 8.79. The normalized spacial score (nSPS) is 11.9. The minimum atomic E-state index is 0.415. The minimum Gasteiger partial charge on any atom is -0.296 e. The first-order valence-corrected chi connectivity index (χ1v) is 5.61. The molecule has 0 radical (unpaired) electrons. The van der Waals surface area contributed by atoms with Crippen molar-refractivity contribution >= 4 is 29.7 Å². The summed E-state index contributed by atoms with van der Waals surface area (Å²) in [7, 11) is 0. The Balaban J connectivity index is 2.13. The van der Waals surface area contributed by atoms with Gasteiger partial charge in [0.1, 0.15) is 18.4 Å². The molecular formula is C13H10ClN3O. The molecule has 0 bridgehead atoms. The molecule has 5 heteroatoms. The van der Waals surface area contributed by atoms with Crippen LogP contribution in [0.2, 0.25) is 5.02 Å². The maximum absolute atomic E-state index is 10.9. The summed E-state index contributed by atoms with van der Waals surface area (Å²) in [4.78, 5) is 14.7. The van der Waals surface area contributed by atoms with Crippen molar-refractivity contribution in [2.75, 3.05) is 0 Å². The van der Waals surface area contributed by atoms with Gasteiger partial charge < -0.3 is 0 Å². The maximum Gasteiger partial charge on any atom is 0.168 e. The average Bonchev–Trinajstić information content (AvgIpc) is 2.91. The molecule has 0 amide bonds. The number of aldehydes is 1. The molecule has 1 heterocycles. The van der Waals surface area contributed by atoms with Gasteiger partial charge in [0.25, 0.3) is 0 Å². The largest absolute Gasteiger partial charge is 0.296 e. The summed E-state index contributed by atoms with van der Waals surface area (Å²) in [5.41, 5.74) is 1.41. The first-order valence-electron chi connectivity index (χ1n) is 5.24. The molecule has 0 fully saturated rings. The number of nitrogens with zero attached hydrogens (tertiary/aromatic N) is 3. The SMILES string of the molecule is O=CC(=CC=Cc1ccc(Cl)cc1)n1cncn1. The van der Waals surface area contributed by atoms with E-state index in [9.17, 15) is 4.79 Å². The number of hydrogen-bond donors (Lipinski definition) is 0. The quantitative estimate of drug-likeness (QED) is 0.482. The van der Waals surface area contributed by atoms with Crippen molar-refractivity contribution in [3.8, 4) is 0 Å². The Labute approximate surface area is 109 Å². The highest BCUT2D eigenvalue weighted by molar-refractivity contribution is 6.30. The Morgan fingerprint density at radius 2 is 2.06 bits per heavy atom. The predicted molar refractivity (Wildman–Crippen MR) is 70.8 cm³/mol. The van der Waals surface area contributed by atoms with E-state index in [1.54, 1.807) is 12.2 Å². The number of hydrogen-bond acceptors (Lipinski definition) is 3. The zero-order valence-corrected chi connectivity index (χ0v) is 10.2. The van der Waals surface area contributed by atoms with Crippen LogP contribution < -0.4 is 0 Å². The van der Waals surface area contributed by atoms with Gasteiger partial charge in [-0.1, -0.05) is 35.9 Å². The van der Waals surface area contributed by atoms with E-state index in [1.165, 1.54) is 17.3 Å². The number of benzene rings is 1. The van der Waals surface area contributed by atoms with E-state index >= 15 is 0 Å². The zero-order valence-electron chi connectivity index (χ0n) is 9.40. The molecule has 0 spiro atoms. The highest BCUT2D eigenvalue weighted by atomic mass is 35.5. The van der Waals surface area contributed by atoms with Gasteiger partial charge in [-0.15, -0.1) is 0 Å². The Bertz CT molecular complexity index is 571. The third-order valence-corrected chi connectivity index (χ3v) is 2.48. The lowest BCUT2D eigenvalue weighted by Crippen LogP contribution is -1.97. The molecule has 0 atom stereocenters. The van der Waals surface area contributed by atoms with Crippen LogP contribution >= 0.6 is 11.6 Å². The van der Waals surface area contributed by atoms with Crippen molar-refractivity contribution in [1.82, 2.24) is 14.8 Å². The molecule has 1 aromatic heterocycles. The lowest BCUT2D eigenvalue weighted by molar-refractivity contribution is -0.103. The molecule has 0 aliphatic carbocycles. The van der Waals surface area contributed by atoms with Crippen LogP contribution in [0.3, 0.4) is 0 Å². The molecule has 2 rings (SSSR count). The van der Waals surface area contributed by atoms with Gasteiger partial charge in [-0.05, 0) is 23.8 Å². The van der Waals surface area contributed by atoms with Gasteiger partial charge in [-0.3, -0.25) is 4.79 Å². The van der Waals surface area contributed by atoms with Crippen LogP contribution in [0.4, 0.5) is 0 Å². The standard InChI is InChI=1S/C13H10ClN3O/c14-12-6-4-11(5-7-12)2-1-3-13(8-18)17-10-15-9-16-17/h1-10H. The van der Waals surface area contributed by atoms with Gasteiger partial charge in [-0.25, -0.2) is 9.67 Å². The topological polar surface area (TPSA) is 47.8 Å². The summed E-state index contributed by atoms with van der Waals surface area (Å²) in [5.74, 6) is 0. The Morgan fingerprint density at radius 1 is 1.28 bits per heavy atom. The van der Waals surface area contributed by atoms with Crippen molar-refractivity contribution in [2.45, 2.75) is 0 Å². The molecule has 0 unspecified atom stereocenters. The molecule has 0 N–H and O–H groups in total. The molecule has 0 saturated carbocycles. The zero-order chi connectivity index (χ0) is 12.8. The fourth-order valence-corrected chi connectivity index (χ4v) is 1.47. The van der Waals surface area contributed by atoms with Crippen LogP contribution in [0.1, 0.15) is 5.56 Å². The van der Waals surface area contributed by atoms with Crippen molar-refractivity contribution in [3.63, 3.8) is 0 Å². The van der Waals surface area contributed by atoms with Crippen LogP contribution in [0.25, 0.3) is 11.8 Å². The van der Waals surface area contributed by atoms with Crippen LogP contribution in [0.15, 0.2) is 49.1 Å². The van der Waals surface area contributed by atoms with E-state index in [0.29, 0.717) is 10.7 Å². The molecule has 0 aliphatic rings. The summed E-state index contributed by atoms with van der Waals surface area (Å²) in [5, 5.41) is 4.57. The Kier molecular flexibility index (Phi) is 4.04. The van der Waals surface area contributed by atoms with Gasteiger partial charge >= 0.3 is 0 Å². The number of aromatic nitrogens is 3. The number of carbonyl (C=O) groups excluding carboxylic acids is 1. The molecule has 0 saturated heterocycles. The van der Waals surface area contributed by atoms with Crippen molar-refractivity contribution in [3.05, 3.63) is 59.7 Å². The van der Waals surface area contributed by atoms with Gasteiger partial charge in [0.15, 0.2) is 6.29 Å². The van der Waals surface area contributed by atoms with E-state index in [4.69, 9.17) is 11.6 Å². The molecular weight excluding hydrogens is 250 g/mol. The smallest absolute Gasteiger partial charge is 0.168 e. The lowest BCUT2D eigenvalue weighted by Gasteiger charge is -1.95. The monoisotopic (exact) mass is 259 g/mol. The number of allylic oxidation sites excluding steroid dienone is 3. The first kappa shape index (κ1) is 12.3. The summed E-state index contributed by atoms with van der Waals surface area (Å²) >= 11 is 5.79. The van der Waals surface area contributed by atoms with E-state index < -0.39 is 0 Å². The van der Waals surface area contributed by atoms with Gasteiger partial charge in [0.05, 0.1) is 0 Å². The van der Waals surface area contributed by atoms with Crippen LogP contribution in [-0.2, 0) is 4.79 Å². The van der Waals surface area contributed by atoms with Crippen LogP contribution in [-0.4, -0.2) is 21.1 Å². The second kappa shape index (κ2) is 5.93. The fraction of sp³-hybridized carbons (Fsp3) is 0. The summed E-state index contributed by atoms with van der Waals surface area (Å²) in [6, 6.07) is 7.40.